The number of aromatic nitrogens is 2. The van der Waals surface area contributed by atoms with E-state index < -0.39 is 0 Å². The minimum Gasteiger partial charge on any atom is -0.383 e. The molecule has 0 saturated carbocycles. The van der Waals surface area contributed by atoms with E-state index in [-0.39, 0.29) is 5.91 Å². The van der Waals surface area contributed by atoms with E-state index in [1.807, 2.05) is 35.2 Å². The van der Waals surface area contributed by atoms with Crippen LogP contribution in [0.2, 0.25) is 0 Å². The van der Waals surface area contributed by atoms with Gasteiger partial charge < -0.3 is 9.64 Å². The zero-order chi connectivity index (χ0) is 20.9. The number of benzene rings is 2. The largest absolute Gasteiger partial charge is 0.383 e. The van der Waals surface area contributed by atoms with Crippen molar-refractivity contribution in [1.82, 2.24) is 14.3 Å². The maximum atomic E-state index is 12.9. The molecule has 0 fully saturated rings. The fourth-order valence-corrected chi connectivity index (χ4v) is 4.31. The number of imidazole rings is 1. The first-order chi connectivity index (χ1) is 14.7. The normalized spacial score (nSPS) is 11.1. The predicted octanol–water partition coefficient (Wildman–Crippen LogP) is 4.70. The standard InChI is InChI=1S/C24H25N3O2S/c1-18-8-10-19(11-9-18)22-16-27-21(17-30-24(27)25-22)12-13-26(14-15-29-2)23(28)20-6-4-3-5-7-20/h3-11,16-17H,12-15H2,1-2H3. The summed E-state index contributed by atoms with van der Waals surface area (Å²) in [6, 6.07) is 17.8. The molecule has 5 nitrogen and oxygen atoms in total. The number of ether oxygens (including phenoxy) is 1. The first-order valence-corrected chi connectivity index (χ1v) is 10.9. The predicted molar refractivity (Wildman–Crippen MR) is 121 cm³/mol. The molecule has 1 amide bonds. The Labute approximate surface area is 180 Å². The zero-order valence-corrected chi connectivity index (χ0v) is 18.1. The number of carbonyl (C=O) groups is 1. The topological polar surface area (TPSA) is 46.8 Å². The lowest BCUT2D eigenvalue weighted by Crippen LogP contribution is -2.35. The summed E-state index contributed by atoms with van der Waals surface area (Å²) in [5.41, 5.74) is 5.18. The van der Waals surface area contributed by atoms with Gasteiger partial charge in [0.25, 0.3) is 5.91 Å². The molecule has 0 radical (unpaired) electrons. The minimum absolute atomic E-state index is 0.0325. The van der Waals surface area contributed by atoms with Gasteiger partial charge in [0.05, 0.1) is 12.3 Å². The van der Waals surface area contributed by atoms with Gasteiger partial charge in [0.15, 0.2) is 4.96 Å². The lowest BCUT2D eigenvalue weighted by atomic mass is 10.1. The lowest BCUT2D eigenvalue weighted by molar-refractivity contribution is 0.0697. The monoisotopic (exact) mass is 419 g/mol. The van der Waals surface area contributed by atoms with Crippen LogP contribution in [0.15, 0.2) is 66.2 Å². The Bertz CT molecular complexity index is 1120. The Morgan fingerprint density at radius 3 is 2.60 bits per heavy atom. The highest BCUT2D eigenvalue weighted by atomic mass is 32.1. The van der Waals surface area contributed by atoms with E-state index in [4.69, 9.17) is 9.72 Å². The van der Waals surface area contributed by atoms with Crippen LogP contribution in [-0.2, 0) is 11.2 Å². The summed E-state index contributed by atoms with van der Waals surface area (Å²) >= 11 is 1.63. The fourth-order valence-electron chi connectivity index (χ4n) is 3.40. The third kappa shape index (κ3) is 4.45. The molecule has 2 aromatic carbocycles. The molecule has 4 aromatic rings. The second-order valence-corrected chi connectivity index (χ2v) is 8.11. The number of nitrogens with zero attached hydrogens (tertiary/aromatic N) is 3. The van der Waals surface area contributed by atoms with Crippen LogP contribution in [-0.4, -0.2) is 47.0 Å². The van der Waals surface area contributed by atoms with E-state index in [0.29, 0.717) is 25.3 Å². The van der Waals surface area contributed by atoms with Gasteiger partial charge in [-0.2, -0.15) is 0 Å². The highest BCUT2D eigenvalue weighted by Gasteiger charge is 2.17. The van der Waals surface area contributed by atoms with E-state index in [1.54, 1.807) is 18.4 Å². The highest BCUT2D eigenvalue weighted by molar-refractivity contribution is 7.15. The number of methoxy groups -OCH3 is 1. The number of hydrogen-bond acceptors (Lipinski definition) is 4. The van der Waals surface area contributed by atoms with Crippen molar-refractivity contribution >= 4 is 22.2 Å². The molecule has 0 aliphatic heterocycles. The molecule has 0 unspecified atom stereocenters. The van der Waals surface area contributed by atoms with E-state index in [0.717, 1.165) is 28.3 Å². The van der Waals surface area contributed by atoms with E-state index in [2.05, 4.69) is 47.2 Å². The molecule has 154 valence electrons. The first kappa shape index (κ1) is 20.3. The van der Waals surface area contributed by atoms with E-state index in [1.165, 1.54) is 5.56 Å². The van der Waals surface area contributed by atoms with Gasteiger partial charge in [-0.3, -0.25) is 9.20 Å². The molecule has 30 heavy (non-hydrogen) atoms. The molecule has 2 aromatic heterocycles. The highest BCUT2D eigenvalue weighted by Crippen LogP contribution is 2.24. The molecule has 0 spiro atoms. The Balaban J connectivity index is 1.52. The Hall–Kier alpha value is -2.96. The average Bonchev–Trinajstić information content (AvgIpc) is 3.36. The van der Waals surface area contributed by atoms with E-state index >= 15 is 0 Å². The van der Waals surface area contributed by atoms with Gasteiger partial charge in [-0.25, -0.2) is 4.98 Å². The summed E-state index contributed by atoms with van der Waals surface area (Å²) in [7, 11) is 1.66. The SMILES string of the molecule is COCCN(CCc1csc2nc(-c3ccc(C)cc3)cn12)C(=O)c1ccccc1. The van der Waals surface area contributed by atoms with Crippen molar-refractivity contribution in [2.24, 2.45) is 0 Å². The summed E-state index contributed by atoms with van der Waals surface area (Å²) in [6.07, 6.45) is 2.84. The van der Waals surface area contributed by atoms with Gasteiger partial charge in [-0.1, -0.05) is 48.0 Å². The molecule has 0 N–H and O–H groups in total. The Morgan fingerprint density at radius 1 is 1.10 bits per heavy atom. The zero-order valence-electron chi connectivity index (χ0n) is 17.2. The van der Waals surface area contributed by atoms with Gasteiger partial charge in [-0.05, 0) is 19.1 Å². The van der Waals surface area contributed by atoms with Gasteiger partial charge >= 0.3 is 0 Å². The van der Waals surface area contributed by atoms with Gasteiger partial charge in [0.1, 0.15) is 0 Å². The van der Waals surface area contributed by atoms with Gasteiger partial charge in [0, 0.05) is 55.0 Å². The maximum Gasteiger partial charge on any atom is 0.253 e. The third-order valence-corrected chi connectivity index (χ3v) is 6.03. The molecular weight excluding hydrogens is 394 g/mol. The maximum absolute atomic E-state index is 12.9. The second-order valence-electron chi connectivity index (χ2n) is 7.27. The summed E-state index contributed by atoms with van der Waals surface area (Å²) in [6.45, 7) is 3.79. The quantitative estimate of drug-likeness (QED) is 0.416. The number of carbonyl (C=O) groups excluding carboxylic acids is 1. The number of fused-ring (bicyclic) bond motifs is 1. The molecule has 0 bridgehead atoms. The second kappa shape index (κ2) is 9.24. The summed E-state index contributed by atoms with van der Waals surface area (Å²) < 4.78 is 7.36. The van der Waals surface area contributed by atoms with Crippen LogP contribution in [0.4, 0.5) is 0 Å². The van der Waals surface area contributed by atoms with Crippen molar-refractivity contribution < 1.29 is 9.53 Å². The third-order valence-electron chi connectivity index (χ3n) is 5.14. The van der Waals surface area contributed by atoms with E-state index in [9.17, 15) is 4.79 Å². The summed E-state index contributed by atoms with van der Waals surface area (Å²) in [5, 5.41) is 2.13. The summed E-state index contributed by atoms with van der Waals surface area (Å²) in [4.78, 5) is 20.5. The molecule has 0 saturated heterocycles. The molecular formula is C24H25N3O2S. The lowest BCUT2D eigenvalue weighted by Gasteiger charge is -2.22. The number of thiazole rings is 1. The Kier molecular flexibility index (Phi) is 6.26. The van der Waals surface area contributed by atoms with Crippen LogP contribution in [0.25, 0.3) is 16.2 Å². The number of hydrogen-bond donors (Lipinski definition) is 0. The van der Waals surface area contributed by atoms with Crippen LogP contribution < -0.4 is 0 Å². The van der Waals surface area contributed by atoms with Crippen LogP contribution in [0, 0.1) is 6.92 Å². The smallest absolute Gasteiger partial charge is 0.253 e. The van der Waals surface area contributed by atoms with Crippen molar-refractivity contribution in [1.29, 1.82) is 0 Å². The first-order valence-electron chi connectivity index (χ1n) is 10.0. The van der Waals surface area contributed by atoms with Crippen molar-refractivity contribution in [3.63, 3.8) is 0 Å². The minimum atomic E-state index is 0.0325. The van der Waals surface area contributed by atoms with Gasteiger partial charge in [-0.15, -0.1) is 11.3 Å². The van der Waals surface area contributed by atoms with Crippen LogP contribution in [0.5, 0.6) is 0 Å². The molecule has 0 aliphatic carbocycles. The van der Waals surface area contributed by atoms with Crippen LogP contribution in [0.1, 0.15) is 21.6 Å². The molecule has 2 heterocycles. The van der Waals surface area contributed by atoms with Crippen molar-refractivity contribution in [2.45, 2.75) is 13.3 Å². The fraction of sp³-hybridized carbons (Fsp3) is 0.250. The molecule has 0 aliphatic rings. The summed E-state index contributed by atoms with van der Waals surface area (Å²) in [5.74, 6) is 0.0325. The van der Waals surface area contributed by atoms with Crippen LogP contribution in [0.3, 0.4) is 0 Å². The molecule has 0 atom stereocenters. The average molecular weight is 420 g/mol. The van der Waals surface area contributed by atoms with Gasteiger partial charge in [0.2, 0.25) is 0 Å². The van der Waals surface area contributed by atoms with Crippen molar-refractivity contribution in [2.75, 3.05) is 26.8 Å². The molecule has 4 rings (SSSR count). The number of aryl methyl sites for hydroxylation is 1. The Morgan fingerprint density at radius 2 is 1.87 bits per heavy atom. The van der Waals surface area contributed by atoms with Crippen molar-refractivity contribution in [3.8, 4) is 11.3 Å². The van der Waals surface area contributed by atoms with Crippen LogP contribution >= 0.6 is 11.3 Å². The number of rotatable bonds is 8. The van der Waals surface area contributed by atoms with Crippen molar-refractivity contribution in [3.05, 3.63) is 83.0 Å². The number of amides is 1. The molecule has 6 heteroatoms.